The minimum Gasteiger partial charge on any atom is -0.490 e. The maximum absolute atomic E-state index is 8.93. The third kappa shape index (κ3) is 4.61. The van der Waals surface area contributed by atoms with Gasteiger partial charge in [0, 0.05) is 11.7 Å². The fourth-order valence-corrected chi connectivity index (χ4v) is 1.10. The molecule has 1 aromatic rings. The molecule has 0 spiro atoms. The van der Waals surface area contributed by atoms with Gasteiger partial charge in [0.25, 0.3) is 0 Å². The fourth-order valence-electron chi connectivity index (χ4n) is 1.10. The van der Waals surface area contributed by atoms with E-state index in [1.54, 1.807) is 0 Å². The average Bonchev–Trinajstić information content (AvgIpc) is 2.24. The number of aromatic nitrogens is 1. The van der Waals surface area contributed by atoms with Crippen molar-refractivity contribution < 1.29 is 19.5 Å². The fraction of sp³-hybridized carbons (Fsp3) is 0.500. The molecule has 0 atom stereocenters. The van der Waals surface area contributed by atoms with Crippen molar-refractivity contribution >= 4 is 12.6 Å². The molecule has 1 rings (SSSR count). The SMILES string of the molecule is CC(C)OCCOc1cncc(B(O)O)c1. The van der Waals surface area contributed by atoms with Gasteiger partial charge in [-0.1, -0.05) is 0 Å². The zero-order valence-electron chi connectivity index (χ0n) is 9.46. The van der Waals surface area contributed by atoms with E-state index >= 15 is 0 Å². The number of hydrogen-bond donors (Lipinski definition) is 2. The van der Waals surface area contributed by atoms with Crippen molar-refractivity contribution in [1.29, 1.82) is 0 Å². The van der Waals surface area contributed by atoms with Crippen molar-refractivity contribution in [3.05, 3.63) is 18.5 Å². The Morgan fingerprint density at radius 1 is 1.31 bits per heavy atom. The molecule has 1 aromatic heterocycles. The van der Waals surface area contributed by atoms with Gasteiger partial charge in [0.1, 0.15) is 12.4 Å². The molecule has 6 heteroatoms. The molecule has 0 bridgehead atoms. The topological polar surface area (TPSA) is 71.8 Å². The van der Waals surface area contributed by atoms with E-state index in [0.29, 0.717) is 24.4 Å². The van der Waals surface area contributed by atoms with Crippen molar-refractivity contribution in [2.75, 3.05) is 13.2 Å². The van der Waals surface area contributed by atoms with Crippen LogP contribution < -0.4 is 10.2 Å². The second-order valence-corrected chi connectivity index (χ2v) is 3.60. The third-order valence-electron chi connectivity index (χ3n) is 1.84. The Balaban J connectivity index is 2.39. The van der Waals surface area contributed by atoms with Crippen LogP contribution in [-0.2, 0) is 4.74 Å². The third-order valence-corrected chi connectivity index (χ3v) is 1.84. The Hall–Kier alpha value is -1.11. The Kier molecular flexibility index (Phi) is 5.24. The molecular weight excluding hydrogens is 209 g/mol. The molecule has 0 unspecified atom stereocenters. The zero-order chi connectivity index (χ0) is 12.0. The number of rotatable bonds is 6. The van der Waals surface area contributed by atoms with Crippen molar-refractivity contribution in [3.8, 4) is 5.75 Å². The van der Waals surface area contributed by atoms with E-state index in [2.05, 4.69) is 4.98 Å². The summed E-state index contributed by atoms with van der Waals surface area (Å²) < 4.78 is 10.6. The minimum atomic E-state index is -1.53. The van der Waals surface area contributed by atoms with E-state index < -0.39 is 7.12 Å². The maximum atomic E-state index is 8.93. The Morgan fingerprint density at radius 2 is 2.06 bits per heavy atom. The monoisotopic (exact) mass is 225 g/mol. The van der Waals surface area contributed by atoms with Gasteiger partial charge in [0.05, 0.1) is 18.9 Å². The highest BCUT2D eigenvalue weighted by molar-refractivity contribution is 6.58. The van der Waals surface area contributed by atoms with Crippen LogP contribution >= 0.6 is 0 Å². The smallest absolute Gasteiger partial charge is 0.490 e. The molecule has 0 saturated heterocycles. The highest BCUT2D eigenvalue weighted by Crippen LogP contribution is 2.05. The largest absolute Gasteiger partial charge is 0.490 e. The van der Waals surface area contributed by atoms with E-state index in [4.69, 9.17) is 19.5 Å². The predicted octanol–water partition coefficient (Wildman–Crippen LogP) is -0.435. The van der Waals surface area contributed by atoms with Gasteiger partial charge in [0.15, 0.2) is 0 Å². The molecule has 0 aliphatic carbocycles. The van der Waals surface area contributed by atoms with Crippen LogP contribution in [0.4, 0.5) is 0 Å². The maximum Gasteiger partial charge on any atom is 0.490 e. The van der Waals surface area contributed by atoms with Gasteiger partial charge >= 0.3 is 7.12 Å². The van der Waals surface area contributed by atoms with Crippen LogP contribution in [0.5, 0.6) is 5.75 Å². The lowest BCUT2D eigenvalue weighted by Crippen LogP contribution is -2.30. The van der Waals surface area contributed by atoms with Crippen LogP contribution in [0, 0.1) is 0 Å². The molecule has 16 heavy (non-hydrogen) atoms. The molecule has 0 saturated carbocycles. The average molecular weight is 225 g/mol. The van der Waals surface area contributed by atoms with E-state index in [1.807, 2.05) is 13.8 Å². The first-order valence-corrected chi connectivity index (χ1v) is 5.15. The molecule has 0 aliphatic rings. The molecule has 0 fully saturated rings. The first-order chi connectivity index (χ1) is 7.59. The van der Waals surface area contributed by atoms with Crippen molar-refractivity contribution in [3.63, 3.8) is 0 Å². The molecule has 1 heterocycles. The minimum absolute atomic E-state index is 0.173. The van der Waals surface area contributed by atoms with Gasteiger partial charge in [0.2, 0.25) is 0 Å². The van der Waals surface area contributed by atoms with Crippen LogP contribution in [0.2, 0.25) is 0 Å². The highest BCUT2D eigenvalue weighted by Gasteiger charge is 2.11. The zero-order valence-corrected chi connectivity index (χ0v) is 9.46. The summed E-state index contributed by atoms with van der Waals surface area (Å²) in [5.41, 5.74) is 0.308. The van der Waals surface area contributed by atoms with Crippen LogP contribution in [0.3, 0.4) is 0 Å². The summed E-state index contributed by atoms with van der Waals surface area (Å²) in [4.78, 5) is 3.83. The van der Waals surface area contributed by atoms with Crippen molar-refractivity contribution in [2.45, 2.75) is 20.0 Å². The summed E-state index contributed by atoms with van der Waals surface area (Å²) in [5, 5.41) is 17.9. The van der Waals surface area contributed by atoms with Gasteiger partial charge < -0.3 is 19.5 Å². The molecule has 0 radical (unpaired) electrons. The van der Waals surface area contributed by atoms with E-state index in [0.717, 1.165) is 0 Å². The normalized spacial score (nSPS) is 10.6. The summed E-state index contributed by atoms with van der Waals surface area (Å²) in [6, 6.07) is 1.53. The molecule has 88 valence electrons. The summed E-state index contributed by atoms with van der Waals surface area (Å²) in [5.74, 6) is 0.498. The van der Waals surface area contributed by atoms with E-state index in [9.17, 15) is 0 Å². The molecular formula is C10H16BNO4. The van der Waals surface area contributed by atoms with Crippen molar-refractivity contribution in [1.82, 2.24) is 4.98 Å². The Bertz CT molecular complexity index is 319. The number of nitrogens with zero attached hydrogens (tertiary/aromatic N) is 1. The van der Waals surface area contributed by atoms with E-state index in [-0.39, 0.29) is 6.10 Å². The summed E-state index contributed by atoms with van der Waals surface area (Å²) in [6.45, 7) is 4.79. The number of pyridine rings is 1. The summed E-state index contributed by atoms with van der Waals surface area (Å²) in [7, 11) is -1.53. The standard InChI is InChI=1S/C10H16BNO4/c1-8(2)15-3-4-16-10-5-9(11(13)14)6-12-7-10/h5-8,13-14H,3-4H2,1-2H3. The number of ether oxygens (including phenoxy) is 2. The van der Waals surface area contributed by atoms with Crippen molar-refractivity contribution in [2.24, 2.45) is 0 Å². The first-order valence-electron chi connectivity index (χ1n) is 5.15. The van der Waals surface area contributed by atoms with Gasteiger partial charge in [-0.25, -0.2) is 0 Å². The van der Waals surface area contributed by atoms with Gasteiger partial charge in [-0.15, -0.1) is 0 Å². The second-order valence-electron chi connectivity index (χ2n) is 3.60. The lowest BCUT2D eigenvalue weighted by atomic mass is 9.82. The van der Waals surface area contributed by atoms with Crippen LogP contribution in [0.15, 0.2) is 18.5 Å². The Morgan fingerprint density at radius 3 is 2.69 bits per heavy atom. The lowest BCUT2D eigenvalue weighted by Gasteiger charge is -2.09. The van der Waals surface area contributed by atoms with Gasteiger partial charge in [-0.2, -0.15) is 0 Å². The molecule has 0 amide bonds. The van der Waals surface area contributed by atoms with E-state index in [1.165, 1.54) is 18.5 Å². The molecule has 5 nitrogen and oxygen atoms in total. The molecule has 0 aromatic carbocycles. The summed E-state index contributed by atoms with van der Waals surface area (Å²) in [6.07, 6.45) is 3.07. The van der Waals surface area contributed by atoms with Gasteiger partial charge in [-0.05, 0) is 19.9 Å². The first kappa shape index (κ1) is 13.0. The summed E-state index contributed by atoms with van der Waals surface area (Å²) >= 11 is 0. The molecule has 2 N–H and O–H groups in total. The van der Waals surface area contributed by atoms with Gasteiger partial charge in [-0.3, -0.25) is 4.98 Å². The van der Waals surface area contributed by atoms with Crippen LogP contribution in [0.25, 0.3) is 0 Å². The number of hydrogen-bond acceptors (Lipinski definition) is 5. The molecule has 0 aliphatic heterocycles. The predicted molar refractivity (Wildman–Crippen MR) is 60.6 cm³/mol. The lowest BCUT2D eigenvalue weighted by molar-refractivity contribution is 0.0552. The second kappa shape index (κ2) is 6.47. The van der Waals surface area contributed by atoms with Crippen LogP contribution in [-0.4, -0.2) is 41.5 Å². The quantitative estimate of drug-likeness (QED) is 0.507. The Labute approximate surface area is 95.2 Å². The highest BCUT2D eigenvalue weighted by atomic mass is 16.5. The van der Waals surface area contributed by atoms with Crippen LogP contribution in [0.1, 0.15) is 13.8 Å².